The summed E-state index contributed by atoms with van der Waals surface area (Å²) in [4.78, 5) is 2.46. The van der Waals surface area contributed by atoms with E-state index >= 15 is 0 Å². The molecule has 0 bridgehead atoms. The molecular weight excluding hydrogens is 242 g/mol. The highest BCUT2D eigenvalue weighted by Crippen LogP contribution is 2.18. The Bertz CT molecular complexity index is 522. The van der Waals surface area contributed by atoms with Crippen molar-refractivity contribution >= 4 is 0 Å². The minimum absolute atomic E-state index is 1.15. The van der Waals surface area contributed by atoms with E-state index in [9.17, 15) is 0 Å². The number of rotatable bonds is 0. The Morgan fingerprint density at radius 3 is 1.35 bits per heavy atom. The summed E-state index contributed by atoms with van der Waals surface area (Å²) >= 11 is 0. The fourth-order valence-corrected chi connectivity index (χ4v) is 3.09. The van der Waals surface area contributed by atoms with Crippen LogP contribution < -0.4 is 0 Å². The van der Waals surface area contributed by atoms with Crippen molar-refractivity contribution in [2.45, 2.75) is 25.7 Å². The van der Waals surface area contributed by atoms with Crippen molar-refractivity contribution in [3.8, 4) is 0 Å². The molecule has 0 N–H and O–H groups in total. The van der Waals surface area contributed by atoms with Crippen LogP contribution in [-0.4, -0.2) is 25.0 Å². The normalized spacial score (nSPS) is 16.9. The molecular formula is C19H23N. The first-order chi connectivity index (χ1) is 9.83. The third-order valence-electron chi connectivity index (χ3n) is 4.43. The monoisotopic (exact) mass is 265 g/mol. The number of hydrogen-bond donors (Lipinski definition) is 0. The average Bonchev–Trinajstić information content (AvgIpc) is 2.52. The van der Waals surface area contributed by atoms with Crippen LogP contribution in [0, 0.1) is 0 Å². The van der Waals surface area contributed by atoms with E-state index < -0.39 is 0 Å². The maximum absolute atomic E-state index is 2.46. The Hall–Kier alpha value is -1.60. The zero-order chi connectivity index (χ0) is 13.8. The maximum atomic E-state index is 2.46. The summed E-state index contributed by atoms with van der Waals surface area (Å²) in [6.07, 6.45) is 4.67. The van der Waals surface area contributed by atoms with Gasteiger partial charge in [0.25, 0.3) is 0 Å². The van der Waals surface area contributed by atoms with Crippen molar-refractivity contribution in [2.24, 2.45) is 0 Å². The fourth-order valence-electron chi connectivity index (χ4n) is 3.09. The van der Waals surface area contributed by atoms with Crippen molar-refractivity contribution in [1.29, 1.82) is 0 Å². The first-order valence-electron chi connectivity index (χ1n) is 7.65. The van der Waals surface area contributed by atoms with E-state index in [0.29, 0.717) is 0 Å². The maximum Gasteiger partial charge on any atom is 0.00190 e. The summed E-state index contributed by atoms with van der Waals surface area (Å²) in [7, 11) is 2.24. The highest BCUT2D eigenvalue weighted by molar-refractivity contribution is 5.32. The summed E-state index contributed by atoms with van der Waals surface area (Å²) in [5.41, 5.74) is 6.10. The van der Waals surface area contributed by atoms with Gasteiger partial charge in [-0.25, -0.2) is 0 Å². The topological polar surface area (TPSA) is 3.24 Å². The van der Waals surface area contributed by atoms with Crippen molar-refractivity contribution in [1.82, 2.24) is 4.90 Å². The van der Waals surface area contributed by atoms with E-state index in [4.69, 9.17) is 0 Å². The summed E-state index contributed by atoms with van der Waals surface area (Å²) < 4.78 is 0. The van der Waals surface area contributed by atoms with Crippen LogP contribution in [0.15, 0.2) is 48.5 Å². The molecule has 0 unspecified atom stereocenters. The number of fused-ring (bicyclic) bond motifs is 2. The van der Waals surface area contributed by atoms with Gasteiger partial charge < -0.3 is 4.90 Å². The molecule has 1 aliphatic rings. The van der Waals surface area contributed by atoms with Crippen LogP contribution in [0.2, 0.25) is 0 Å². The molecule has 0 spiro atoms. The van der Waals surface area contributed by atoms with Crippen LogP contribution >= 0.6 is 0 Å². The minimum Gasteiger partial charge on any atom is -0.306 e. The van der Waals surface area contributed by atoms with Gasteiger partial charge in [-0.05, 0) is 55.0 Å². The van der Waals surface area contributed by atoms with E-state index in [2.05, 4.69) is 60.5 Å². The first-order valence-corrected chi connectivity index (χ1v) is 7.65. The van der Waals surface area contributed by atoms with E-state index in [1.807, 2.05) is 0 Å². The zero-order valence-electron chi connectivity index (χ0n) is 12.3. The van der Waals surface area contributed by atoms with E-state index in [1.54, 1.807) is 0 Å². The van der Waals surface area contributed by atoms with E-state index in [0.717, 1.165) is 25.9 Å². The third kappa shape index (κ3) is 3.10. The number of hydrogen-bond acceptors (Lipinski definition) is 1. The molecule has 1 nitrogen and oxygen atoms in total. The second-order valence-electron chi connectivity index (χ2n) is 5.84. The Morgan fingerprint density at radius 2 is 0.950 bits per heavy atom. The third-order valence-corrected chi connectivity index (χ3v) is 4.43. The lowest BCUT2D eigenvalue weighted by Gasteiger charge is -2.17. The molecule has 0 amide bonds. The second kappa shape index (κ2) is 6.23. The fraction of sp³-hybridized carbons (Fsp3) is 0.368. The van der Waals surface area contributed by atoms with Gasteiger partial charge in [0.15, 0.2) is 0 Å². The number of nitrogens with zero attached hydrogens (tertiary/aromatic N) is 1. The smallest absolute Gasteiger partial charge is 0.00190 e. The van der Waals surface area contributed by atoms with Gasteiger partial charge in [0, 0.05) is 13.1 Å². The Morgan fingerprint density at radius 1 is 0.600 bits per heavy atom. The SMILES string of the molecule is CN1CCc2ccccc2CCc2ccccc2CC1. The molecule has 0 fully saturated rings. The van der Waals surface area contributed by atoms with Gasteiger partial charge in [-0.1, -0.05) is 48.5 Å². The molecule has 1 heteroatoms. The molecule has 0 atom stereocenters. The van der Waals surface area contributed by atoms with Crippen LogP contribution in [0.3, 0.4) is 0 Å². The van der Waals surface area contributed by atoms with Crippen molar-refractivity contribution in [2.75, 3.05) is 20.1 Å². The molecule has 0 aliphatic carbocycles. The van der Waals surface area contributed by atoms with Gasteiger partial charge in [-0.3, -0.25) is 0 Å². The van der Waals surface area contributed by atoms with Gasteiger partial charge in [-0.15, -0.1) is 0 Å². The molecule has 104 valence electrons. The molecule has 0 aromatic heterocycles. The van der Waals surface area contributed by atoms with Crippen molar-refractivity contribution in [3.63, 3.8) is 0 Å². The molecule has 2 aromatic carbocycles. The molecule has 2 aromatic rings. The molecule has 1 aliphatic heterocycles. The molecule has 20 heavy (non-hydrogen) atoms. The standard InChI is InChI=1S/C19H23N/c1-20-14-12-18-8-4-2-6-16(18)10-11-17-7-3-5-9-19(17)13-15-20/h2-9H,10-15H2,1H3. The molecule has 0 saturated carbocycles. The summed E-state index contributed by atoms with van der Waals surface area (Å²) in [5.74, 6) is 0. The van der Waals surface area contributed by atoms with Gasteiger partial charge >= 0.3 is 0 Å². The Balaban J connectivity index is 1.91. The second-order valence-corrected chi connectivity index (χ2v) is 5.84. The predicted octanol–water partition coefficient (Wildman–Crippen LogP) is 3.50. The Kier molecular flexibility index (Phi) is 4.17. The molecule has 3 rings (SSSR count). The lowest BCUT2D eigenvalue weighted by Crippen LogP contribution is -2.24. The summed E-state index contributed by atoms with van der Waals surface area (Å²) in [5, 5.41) is 0. The number of likely N-dealkylation sites (N-methyl/N-ethyl adjacent to an activating group) is 1. The molecule has 0 radical (unpaired) electrons. The predicted molar refractivity (Wildman–Crippen MR) is 85.2 cm³/mol. The molecule has 0 saturated heterocycles. The van der Waals surface area contributed by atoms with Gasteiger partial charge in [0.05, 0.1) is 0 Å². The lowest BCUT2D eigenvalue weighted by atomic mass is 9.95. The Labute approximate surface area is 122 Å². The first kappa shape index (κ1) is 13.4. The summed E-state index contributed by atoms with van der Waals surface area (Å²) in [6.45, 7) is 2.30. The van der Waals surface area contributed by atoms with Crippen molar-refractivity contribution in [3.05, 3.63) is 70.8 Å². The largest absolute Gasteiger partial charge is 0.306 e. The van der Waals surface area contributed by atoms with Gasteiger partial charge in [0.2, 0.25) is 0 Å². The average molecular weight is 265 g/mol. The van der Waals surface area contributed by atoms with Gasteiger partial charge in [-0.2, -0.15) is 0 Å². The highest BCUT2D eigenvalue weighted by Gasteiger charge is 2.09. The highest BCUT2D eigenvalue weighted by atomic mass is 15.1. The van der Waals surface area contributed by atoms with E-state index in [-0.39, 0.29) is 0 Å². The zero-order valence-corrected chi connectivity index (χ0v) is 12.3. The van der Waals surface area contributed by atoms with Crippen LogP contribution in [-0.2, 0) is 25.7 Å². The quantitative estimate of drug-likeness (QED) is 0.704. The lowest BCUT2D eigenvalue weighted by molar-refractivity contribution is 0.342. The summed E-state index contributed by atoms with van der Waals surface area (Å²) in [6, 6.07) is 17.9. The molecule has 1 heterocycles. The van der Waals surface area contributed by atoms with Gasteiger partial charge in [0.1, 0.15) is 0 Å². The van der Waals surface area contributed by atoms with Crippen LogP contribution in [0.1, 0.15) is 22.3 Å². The number of benzene rings is 2. The van der Waals surface area contributed by atoms with Crippen molar-refractivity contribution < 1.29 is 0 Å². The van der Waals surface area contributed by atoms with E-state index in [1.165, 1.54) is 35.1 Å². The minimum atomic E-state index is 1.15. The number of aryl methyl sites for hydroxylation is 2. The van der Waals surface area contributed by atoms with Crippen LogP contribution in [0.25, 0.3) is 0 Å². The van der Waals surface area contributed by atoms with Crippen LogP contribution in [0.4, 0.5) is 0 Å². The van der Waals surface area contributed by atoms with Crippen LogP contribution in [0.5, 0.6) is 0 Å².